The lowest BCUT2D eigenvalue weighted by Crippen LogP contribution is -1.95. The zero-order chi connectivity index (χ0) is 17.5. The number of pyridine rings is 2. The van der Waals surface area contributed by atoms with Crippen molar-refractivity contribution in [3.05, 3.63) is 103 Å². The van der Waals surface area contributed by atoms with E-state index in [0.717, 1.165) is 27.9 Å². The Labute approximate surface area is 148 Å². The van der Waals surface area contributed by atoms with Gasteiger partial charge in [0.1, 0.15) is 12.4 Å². The molecule has 3 nitrogen and oxygen atoms in total. The molecule has 0 saturated heterocycles. The Bertz CT molecular complexity index is 927. The molecule has 3 aromatic rings. The average Bonchev–Trinajstić information content (AvgIpc) is 2.67. The zero-order valence-electron chi connectivity index (χ0n) is 14.2. The molecule has 3 rings (SSSR count). The van der Waals surface area contributed by atoms with Crippen molar-refractivity contribution in [3.63, 3.8) is 0 Å². The number of benzene rings is 1. The molecule has 0 spiro atoms. The molecule has 0 unspecified atom stereocenters. The van der Waals surface area contributed by atoms with E-state index in [9.17, 15) is 0 Å². The van der Waals surface area contributed by atoms with E-state index in [0.29, 0.717) is 12.4 Å². The van der Waals surface area contributed by atoms with E-state index < -0.39 is 0 Å². The Balaban J connectivity index is 1.62. The van der Waals surface area contributed by atoms with Crippen molar-refractivity contribution in [1.29, 1.82) is 0 Å². The Morgan fingerprint density at radius 3 is 2.68 bits per heavy atom. The molecule has 0 saturated carbocycles. The van der Waals surface area contributed by atoms with Crippen molar-refractivity contribution in [2.75, 3.05) is 0 Å². The third-order valence-corrected chi connectivity index (χ3v) is 3.78. The van der Waals surface area contributed by atoms with Gasteiger partial charge in [-0.25, -0.2) is 4.98 Å². The predicted octanol–water partition coefficient (Wildman–Crippen LogP) is 5.32. The second kappa shape index (κ2) is 8.06. The highest BCUT2D eigenvalue weighted by Crippen LogP contribution is 2.15. The smallest absolute Gasteiger partial charge is 0.130 e. The van der Waals surface area contributed by atoms with Gasteiger partial charge in [0.2, 0.25) is 0 Å². The first-order chi connectivity index (χ1) is 12.3. The van der Waals surface area contributed by atoms with Gasteiger partial charge in [0, 0.05) is 11.6 Å². The minimum atomic E-state index is 0.392. The van der Waals surface area contributed by atoms with E-state index in [4.69, 9.17) is 4.74 Å². The van der Waals surface area contributed by atoms with Crippen LogP contribution >= 0.6 is 0 Å². The van der Waals surface area contributed by atoms with Crippen molar-refractivity contribution >= 4 is 16.5 Å². The molecule has 0 aliphatic rings. The van der Waals surface area contributed by atoms with Crippen LogP contribution in [0, 0.1) is 0 Å². The summed E-state index contributed by atoms with van der Waals surface area (Å²) in [6, 6.07) is 17.9. The molecule has 124 valence electrons. The monoisotopic (exact) mass is 328 g/mol. The minimum Gasteiger partial charge on any atom is -0.488 e. The van der Waals surface area contributed by atoms with Gasteiger partial charge >= 0.3 is 0 Å². The molecule has 2 heterocycles. The van der Waals surface area contributed by atoms with Crippen molar-refractivity contribution in [1.82, 2.24) is 9.97 Å². The fourth-order valence-corrected chi connectivity index (χ4v) is 2.45. The topological polar surface area (TPSA) is 35.0 Å². The largest absolute Gasteiger partial charge is 0.488 e. The van der Waals surface area contributed by atoms with Crippen LogP contribution in [0.2, 0.25) is 0 Å². The van der Waals surface area contributed by atoms with E-state index >= 15 is 0 Å². The van der Waals surface area contributed by atoms with Crippen LogP contribution < -0.4 is 0 Å². The second-order valence-electron chi connectivity index (χ2n) is 5.54. The summed E-state index contributed by atoms with van der Waals surface area (Å²) in [6.07, 6.45) is 7.60. The lowest BCUT2D eigenvalue weighted by atomic mass is 10.1. The molecule has 0 aliphatic carbocycles. The molecule has 3 heteroatoms. The van der Waals surface area contributed by atoms with Crippen LogP contribution in [0.3, 0.4) is 0 Å². The first kappa shape index (κ1) is 16.7. The molecule has 0 bridgehead atoms. The van der Waals surface area contributed by atoms with E-state index in [1.807, 2.05) is 73.7 Å². The second-order valence-corrected chi connectivity index (χ2v) is 5.54. The maximum absolute atomic E-state index is 5.72. The summed E-state index contributed by atoms with van der Waals surface area (Å²) >= 11 is 0. The van der Waals surface area contributed by atoms with Crippen LogP contribution in [0.4, 0.5) is 0 Å². The SMILES string of the molecule is C=C(/C=C\C(=C/C)c1ccccn1)OCc1ccc2ccccc2n1. The van der Waals surface area contributed by atoms with Crippen LogP contribution in [0.5, 0.6) is 0 Å². The molecular formula is C22H20N2O. The summed E-state index contributed by atoms with van der Waals surface area (Å²) in [5, 5.41) is 1.12. The fraction of sp³-hybridized carbons (Fsp3) is 0.0909. The lowest BCUT2D eigenvalue weighted by molar-refractivity contribution is 0.209. The average molecular weight is 328 g/mol. The fourth-order valence-electron chi connectivity index (χ4n) is 2.45. The van der Waals surface area contributed by atoms with Gasteiger partial charge in [0.25, 0.3) is 0 Å². The van der Waals surface area contributed by atoms with Crippen LogP contribution in [-0.4, -0.2) is 9.97 Å². The van der Waals surface area contributed by atoms with Crippen LogP contribution in [-0.2, 0) is 11.3 Å². The summed E-state index contributed by atoms with van der Waals surface area (Å²) in [4.78, 5) is 8.94. The van der Waals surface area contributed by atoms with Crippen molar-refractivity contribution < 1.29 is 4.74 Å². The molecule has 2 aromatic heterocycles. The molecule has 1 aromatic carbocycles. The number of fused-ring (bicyclic) bond motifs is 1. The number of hydrogen-bond acceptors (Lipinski definition) is 3. The molecule has 0 aliphatic heterocycles. The summed E-state index contributed by atoms with van der Waals surface area (Å²) in [5.41, 5.74) is 3.79. The van der Waals surface area contributed by atoms with Crippen LogP contribution in [0.1, 0.15) is 18.3 Å². The van der Waals surface area contributed by atoms with Gasteiger partial charge in [0.15, 0.2) is 0 Å². The Hall–Kier alpha value is -3.20. The van der Waals surface area contributed by atoms with Gasteiger partial charge in [0.05, 0.1) is 16.9 Å². The number of hydrogen-bond donors (Lipinski definition) is 0. The molecule has 0 fully saturated rings. The molecule has 0 amide bonds. The third-order valence-electron chi connectivity index (χ3n) is 3.78. The highest BCUT2D eigenvalue weighted by Gasteiger charge is 2.00. The lowest BCUT2D eigenvalue weighted by Gasteiger charge is -2.07. The van der Waals surface area contributed by atoms with E-state index in [1.165, 1.54) is 0 Å². The number of rotatable bonds is 6. The molecular weight excluding hydrogens is 308 g/mol. The maximum atomic E-state index is 5.72. The normalized spacial score (nSPS) is 11.8. The highest BCUT2D eigenvalue weighted by molar-refractivity contribution is 5.78. The number of allylic oxidation sites excluding steroid dienone is 4. The Morgan fingerprint density at radius 2 is 1.88 bits per heavy atom. The first-order valence-electron chi connectivity index (χ1n) is 8.18. The molecule has 0 radical (unpaired) electrons. The number of ether oxygens (including phenoxy) is 1. The quantitative estimate of drug-likeness (QED) is 0.454. The summed E-state index contributed by atoms with van der Waals surface area (Å²) < 4.78 is 5.72. The Kier molecular flexibility index (Phi) is 5.37. The van der Waals surface area contributed by atoms with Gasteiger partial charge in [-0.2, -0.15) is 0 Å². The van der Waals surface area contributed by atoms with Crippen LogP contribution in [0.25, 0.3) is 16.5 Å². The first-order valence-corrected chi connectivity index (χ1v) is 8.18. The van der Waals surface area contributed by atoms with Gasteiger partial charge in [-0.3, -0.25) is 4.98 Å². The zero-order valence-corrected chi connectivity index (χ0v) is 14.2. The van der Waals surface area contributed by atoms with Gasteiger partial charge < -0.3 is 4.74 Å². The maximum Gasteiger partial charge on any atom is 0.130 e. The van der Waals surface area contributed by atoms with Gasteiger partial charge in [-0.1, -0.05) is 43.0 Å². The number of aromatic nitrogens is 2. The third kappa shape index (κ3) is 4.42. The van der Waals surface area contributed by atoms with E-state index in [2.05, 4.69) is 22.6 Å². The van der Waals surface area contributed by atoms with Crippen molar-refractivity contribution in [2.45, 2.75) is 13.5 Å². The summed E-state index contributed by atoms with van der Waals surface area (Å²) in [6.45, 7) is 6.32. The molecule has 0 N–H and O–H groups in total. The van der Waals surface area contributed by atoms with Gasteiger partial charge in [-0.05, 0) is 48.9 Å². The number of nitrogens with zero attached hydrogens (tertiary/aromatic N) is 2. The van der Waals surface area contributed by atoms with E-state index in [-0.39, 0.29) is 0 Å². The number of para-hydroxylation sites is 1. The van der Waals surface area contributed by atoms with E-state index in [1.54, 1.807) is 6.20 Å². The van der Waals surface area contributed by atoms with Crippen molar-refractivity contribution in [2.24, 2.45) is 0 Å². The highest BCUT2D eigenvalue weighted by atomic mass is 16.5. The summed E-state index contributed by atoms with van der Waals surface area (Å²) in [7, 11) is 0. The molecule has 0 atom stereocenters. The minimum absolute atomic E-state index is 0.392. The Morgan fingerprint density at radius 1 is 1.04 bits per heavy atom. The summed E-state index contributed by atoms with van der Waals surface area (Å²) in [5.74, 6) is 0.588. The molecule has 25 heavy (non-hydrogen) atoms. The van der Waals surface area contributed by atoms with Gasteiger partial charge in [-0.15, -0.1) is 0 Å². The van der Waals surface area contributed by atoms with Crippen LogP contribution in [0.15, 0.2) is 91.4 Å². The predicted molar refractivity (Wildman–Crippen MR) is 103 cm³/mol. The van der Waals surface area contributed by atoms with Crippen molar-refractivity contribution in [3.8, 4) is 0 Å². The standard InChI is InChI=1S/C22H20N2O/c1-3-18(21-9-6-7-15-23-21)12-11-17(2)25-16-20-14-13-19-8-4-5-10-22(19)24-20/h3-15H,2,16H2,1H3/b12-11-,18-3+.